The fourth-order valence-electron chi connectivity index (χ4n) is 3.91. The average molecular weight is 471 g/mol. The maximum atomic E-state index is 12.2. The summed E-state index contributed by atoms with van der Waals surface area (Å²) in [5.41, 5.74) is 2.75. The van der Waals surface area contributed by atoms with Crippen molar-refractivity contribution in [2.75, 3.05) is 52.5 Å². The molecule has 2 aromatic carbocycles. The second-order valence-corrected chi connectivity index (χ2v) is 8.05. The van der Waals surface area contributed by atoms with Gasteiger partial charge < -0.3 is 34.3 Å². The number of amides is 1. The van der Waals surface area contributed by atoms with Crippen LogP contribution in [0.2, 0.25) is 0 Å². The zero-order chi connectivity index (χ0) is 24.5. The molecule has 0 saturated heterocycles. The Morgan fingerprint density at radius 1 is 1.09 bits per heavy atom. The maximum Gasteiger partial charge on any atom is 0.227 e. The zero-order valence-corrected chi connectivity index (χ0v) is 20.1. The molecule has 2 aromatic rings. The topological polar surface area (TPSA) is 89.5 Å². The molecule has 1 aliphatic heterocycles. The third kappa shape index (κ3) is 6.21. The molecular formula is C26H34N2O6. The summed E-state index contributed by atoms with van der Waals surface area (Å²) in [5.74, 6) is 2.71. The van der Waals surface area contributed by atoms with E-state index >= 15 is 0 Å². The van der Waals surface area contributed by atoms with Crippen molar-refractivity contribution in [1.82, 2.24) is 5.32 Å². The van der Waals surface area contributed by atoms with Crippen LogP contribution in [0.3, 0.4) is 0 Å². The summed E-state index contributed by atoms with van der Waals surface area (Å²) in [6.07, 6.45) is 2.74. The van der Waals surface area contributed by atoms with E-state index < -0.39 is 6.10 Å². The number of carbonyl (C=O) groups excluding carboxylic acids is 1. The molecule has 1 unspecified atom stereocenters. The molecule has 0 spiro atoms. The minimum absolute atomic E-state index is 0.0341. The summed E-state index contributed by atoms with van der Waals surface area (Å²) >= 11 is 0. The minimum Gasteiger partial charge on any atom is -0.493 e. The summed E-state index contributed by atoms with van der Waals surface area (Å²) in [5, 5.41) is 13.7. The van der Waals surface area contributed by atoms with Crippen LogP contribution in [0.5, 0.6) is 23.0 Å². The van der Waals surface area contributed by atoms with E-state index in [1.54, 1.807) is 38.3 Å². The molecule has 0 bridgehead atoms. The number of carbonyl (C=O) groups is 1. The van der Waals surface area contributed by atoms with Gasteiger partial charge in [-0.2, -0.15) is 0 Å². The molecule has 3 rings (SSSR count). The molecule has 1 aliphatic rings. The Bertz CT molecular complexity index is 993. The molecule has 0 fully saturated rings. The minimum atomic E-state index is -0.680. The first kappa shape index (κ1) is 25.4. The second kappa shape index (κ2) is 12.3. The summed E-state index contributed by atoms with van der Waals surface area (Å²) in [6, 6.07) is 9.46. The van der Waals surface area contributed by atoms with Crippen LogP contribution in [0.25, 0.3) is 0 Å². The lowest BCUT2D eigenvalue weighted by molar-refractivity contribution is -0.118. The number of nitrogens with one attached hydrogen (secondary N) is 1. The van der Waals surface area contributed by atoms with Crippen LogP contribution >= 0.6 is 0 Å². The van der Waals surface area contributed by atoms with Crippen molar-refractivity contribution in [3.63, 3.8) is 0 Å². The van der Waals surface area contributed by atoms with Crippen LogP contribution in [0.15, 0.2) is 43.0 Å². The van der Waals surface area contributed by atoms with E-state index in [4.69, 9.17) is 18.9 Å². The van der Waals surface area contributed by atoms with Gasteiger partial charge in [-0.15, -0.1) is 0 Å². The molecule has 0 aromatic heterocycles. The molecule has 8 heteroatoms. The highest BCUT2D eigenvalue weighted by Crippen LogP contribution is 2.41. The Morgan fingerprint density at radius 3 is 2.56 bits per heavy atom. The highest BCUT2D eigenvalue weighted by molar-refractivity contribution is 5.98. The number of aliphatic hydroxyl groups excluding tert-OH is 1. The molecule has 34 heavy (non-hydrogen) atoms. The number of fused-ring (bicyclic) bond motifs is 1. The number of anilines is 1. The van der Waals surface area contributed by atoms with E-state index in [0.29, 0.717) is 55.5 Å². The van der Waals surface area contributed by atoms with Gasteiger partial charge in [-0.1, -0.05) is 18.7 Å². The lowest BCUT2D eigenvalue weighted by Crippen LogP contribution is -2.34. The van der Waals surface area contributed by atoms with Crippen molar-refractivity contribution in [1.29, 1.82) is 0 Å². The van der Waals surface area contributed by atoms with E-state index in [9.17, 15) is 9.90 Å². The van der Waals surface area contributed by atoms with Crippen molar-refractivity contribution >= 4 is 11.6 Å². The van der Waals surface area contributed by atoms with Crippen LogP contribution in [-0.2, 0) is 17.6 Å². The number of hydrogen-bond donors (Lipinski definition) is 2. The van der Waals surface area contributed by atoms with Gasteiger partial charge in [-0.25, -0.2) is 0 Å². The Kier molecular flexibility index (Phi) is 9.18. The highest BCUT2D eigenvalue weighted by atomic mass is 16.5. The van der Waals surface area contributed by atoms with Crippen LogP contribution in [-0.4, -0.2) is 64.7 Å². The van der Waals surface area contributed by atoms with Crippen LogP contribution < -0.4 is 29.2 Å². The quantitative estimate of drug-likeness (QED) is 0.344. The zero-order valence-electron chi connectivity index (χ0n) is 20.1. The third-order valence-corrected chi connectivity index (χ3v) is 5.71. The van der Waals surface area contributed by atoms with Crippen molar-refractivity contribution in [3.8, 4) is 23.0 Å². The molecule has 1 amide bonds. The molecule has 184 valence electrons. The number of nitrogens with zero attached hydrogens (tertiary/aromatic N) is 1. The third-order valence-electron chi connectivity index (χ3n) is 5.71. The van der Waals surface area contributed by atoms with E-state index in [0.717, 1.165) is 23.2 Å². The summed E-state index contributed by atoms with van der Waals surface area (Å²) < 4.78 is 22.3. The Morgan fingerprint density at radius 2 is 1.82 bits per heavy atom. The Labute approximate surface area is 201 Å². The molecule has 0 saturated carbocycles. The second-order valence-electron chi connectivity index (χ2n) is 8.05. The fraction of sp³-hybridized carbons (Fsp3) is 0.423. The number of rotatable bonds is 13. The van der Waals surface area contributed by atoms with E-state index in [1.807, 2.05) is 24.3 Å². The van der Waals surface area contributed by atoms with Gasteiger partial charge in [0.05, 0.1) is 19.9 Å². The van der Waals surface area contributed by atoms with Crippen molar-refractivity contribution in [2.45, 2.75) is 25.4 Å². The molecule has 0 aliphatic carbocycles. The Hall–Kier alpha value is -3.23. The van der Waals surface area contributed by atoms with Gasteiger partial charge in [-0.05, 0) is 49.2 Å². The van der Waals surface area contributed by atoms with Crippen LogP contribution in [0, 0.1) is 0 Å². The first-order valence-electron chi connectivity index (χ1n) is 11.4. The standard InChI is InChI=1S/C26H34N2O6/c1-5-14-33-23-10-9-21(20-7-11-25(30)28(2)26(20)23)34-17-19(29)16-27-13-12-18-6-8-22(31-3)24(15-18)32-4/h5-6,8-10,15,19,27,29H,1,7,11-14,16-17H2,2-4H3. The first-order valence-corrected chi connectivity index (χ1v) is 11.4. The van der Waals surface area contributed by atoms with E-state index in [-0.39, 0.29) is 12.5 Å². The molecule has 1 heterocycles. The predicted octanol–water partition coefficient (Wildman–Crippen LogP) is 2.75. The summed E-state index contributed by atoms with van der Waals surface area (Å²) in [6.45, 7) is 5.26. The monoisotopic (exact) mass is 470 g/mol. The molecule has 1 atom stereocenters. The fourth-order valence-corrected chi connectivity index (χ4v) is 3.91. The molecule has 8 nitrogen and oxygen atoms in total. The van der Waals surface area contributed by atoms with Gasteiger partial charge in [0, 0.05) is 25.6 Å². The Balaban J connectivity index is 1.52. The van der Waals surface area contributed by atoms with Gasteiger partial charge in [0.1, 0.15) is 30.8 Å². The molecule has 0 radical (unpaired) electrons. The number of aliphatic hydroxyl groups is 1. The van der Waals surface area contributed by atoms with Crippen LogP contribution in [0.1, 0.15) is 17.5 Å². The first-order chi connectivity index (χ1) is 16.5. The predicted molar refractivity (Wildman–Crippen MR) is 131 cm³/mol. The van der Waals surface area contributed by atoms with Crippen molar-refractivity contribution in [3.05, 3.63) is 54.1 Å². The van der Waals surface area contributed by atoms with Crippen molar-refractivity contribution in [2.24, 2.45) is 0 Å². The summed E-state index contributed by atoms with van der Waals surface area (Å²) in [4.78, 5) is 13.8. The van der Waals surface area contributed by atoms with E-state index in [1.165, 1.54) is 0 Å². The van der Waals surface area contributed by atoms with Gasteiger partial charge in [0.25, 0.3) is 0 Å². The lowest BCUT2D eigenvalue weighted by Gasteiger charge is -2.29. The molecular weight excluding hydrogens is 436 g/mol. The number of ether oxygens (including phenoxy) is 4. The number of benzene rings is 2. The van der Waals surface area contributed by atoms with Gasteiger partial charge >= 0.3 is 0 Å². The number of methoxy groups -OCH3 is 2. The lowest BCUT2D eigenvalue weighted by atomic mass is 9.99. The normalized spacial score (nSPS) is 13.8. The van der Waals surface area contributed by atoms with Gasteiger partial charge in [0.15, 0.2) is 11.5 Å². The smallest absolute Gasteiger partial charge is 0.227 e. The molecule has 2 N–H and O–H groups in total. The van der Waals surface area contributed by atoms with Gasteiger partial charge in [-0.3, -0.25) is 4.79 Å². The maximum absolute atomic E-state index is 12.2. The number of hydrogen-bond acceptors (Lipinski definition) is 7. The van der Waals surface area contributed by atoms with Crippen LogP contribution in [0.4, 0.5) is 5.69 Å². The summed E-state index contributed by atoms with van der Waals surface area (Å²) in [7, 11) is 4.97. The highest BCUT2D eigenvalue weighted by Gasteiger charge is 2.27. The van der Waals surface area contributed by atoms with Crippen molar-refractivity contribution < 1.29 is 28.8 Å². The van der Waals surface area contributed by atoms with E-state index in [2.05, 4.69) is 11.9 Å². The SMILES string of the molecule is C=CCOc1ccc(OCC(O)CNCCc2ccc(OC)c(OC)c2)c2c1N(C)C(=O)CC2. The average Bonchev–Trinajstić information content (AvgIpc) is 2.86. The largest absolute Gasteiger partial charge is 0.493 e. The van der Waals surface area contributed by atoms with Gasteiger partial charge in [0.2, 0.25) is 5.91 Å².